The molecule has 0 N–H and O–H groups in total. The van der Waals surface area contributed by atoms with Crippen LogP contribution in [0.5, 0.6) is 0 Å². The van der Waals surface area contributed by atoms with Crippen molar-refractivity contribution in [3.63, 3.8) is 0 Å². The summed E-state index contributed by atoms with van der Waals surface area (Å²) in [6, 6.07) is 8.68. The Balaban J connectivity index is 2.01. The maximum absolute atomic E-state index is 11.7. The van der Waals surface area contributed by atoms with Gasteiger partial charge in [0, 0.05) is 0 Å². The first-order chi connectivity index (χ1) is 7.66. The number of hydrogen-bond acceptors (Lipinski definition) is 4. The fourth-order valence-electron chi connectivity index (χ4n) is 1.58. The zero-order valence-electron chi connectivity index (χ0n) is 8.88. The Morgan fingerprint density at radius 3 is 2.62 bits per heavy atom. The molecule has 4 heteroatoms. The predicted molar refractivity (Wildman–Crippen MR) is 55.8 cm³/mol. The van der Waals surface area contributed by atoms with Gasteiger partial charge in [-0.05, 0) is 19.1 Å². The van der Waals surface area contributed by atoms with Crippen molar-refractivity contribution in [3.8, 4) is 0 Å². The lowest BCUT2D eigenvalue weighted by Gasteiger charge is -2.13. The highest BCUT2D eigenvalue weighted by molar-refractivity contribution is 5.89. The molecular weight excluding hydrogens is 208 g/mol. The summed E-state index contributed by atoms with van der Waals surface area (Å²) in [6.07, 6.45) is -0.694. The molecule has 4 nitrogen and oxygen atoms in total. The summed E-state index contributed by atoms with van der Waals surface area (Å²) in [4.78, 5) is 22.6. The maximum Gasteiger partial charge on any atom is 0.338 e. The molecule has 1 heterocycles. The first kappa shape index (κ1) is 10.7. The van der Waals surface area contributed by atoms with Crippen LogP contribution >= 0.6 is 0 Å². The topological polar surface area (TPSA) is 52.6 Å². The molecule has 1 saturated heterocycles. The minimum atomic E-state index is -0.472. The highest BCUT2D eigenvalue weighted by atomic mass is 16.6. The van der Waals surface area contributed by atoms with Crippen LogP contribution in [0.4, 0.5) is 0 Å². The van der Waals surface area contributed by atoms with Gasteiger partial charge in [-0.1, -0.05) is 18.2 Å². The van der Waals surface area contributed by atoms with Crippen LogP contribution in [-0.2, 0) is 14.3 Å². The molecule has 1 aromatic carbocycles. The van der Waals surface area contributed by atoms with Crippen LogP contribution in [0.2, 0.25) is 0 Å². The monoisotopic (exact) mass is 220 g/mol. The van der Waals surface area contributed by atoms with Gasteiger partial charge in [0.15, 0.2) is 0 Å². The molecule has 0 unspecified atom stereocenters. The second-order valence-electron chi connectivity index (χ2n) is 3.71. The molecule has 0 amide bonds. The van der Waals surface area contributed by atoms with E-state index in [0.29, 0.717) is 5.56 Å². The van der Waals surface area contributed by atoms with E-state index in [1.807, 2.05) is 6.07 Å². The van der Waals surface area contributed by atoms with Gasteiger partial charge >= 0.3 is 11.9 Å². The van der Waals surface area contributed by atoms with Gasteiger partial charge in [-0.3, -0.25) is 4.79 Å². The average molecular weight is 220 g/mol. The fourth-order valence-corrected chi connectivity index (χ4v) is 1.58. The number of benzene rings is 1. The Morgan fingerprint density at radius 2 is 2.06 bits per heavy atom. The molecule has 2 rings (SSSR count). The third-order valence-electron chi connectivity index (χ3n) is 2.48. The van der Waals surface area contributed by atoms with E-state index in [-0.39, 0.29) is 18.5 Å². The van der Waals surface area contributed by atoms with E-state index in [1.165, 1.54) is 0 Å². The number of rotatable bonds is 2. The number of carbonyl (C=O) groups excluding carboxylic acids is 2. The number of esters is 2. The van der Waals surface area contributed by atoms with Crippen LogP contribution in [0.3, 0.4) is 0 Å². The second kappa shape index (κ2) is 4.35. The lowest BCUT2D eigenvalue weighted by molar-refractivity contribution is -0.141. The van der Waals surface area contributed by atoms with Gasteiger partial charge in [0.05, 0.1) is 12.0 Å². The molecular formula is C12H12O4. The van der Waals surface area contributed by atoms with E-state index in [1.54, 1.807) is 31.2 Å². The molecule has 1 aliphatic heterocycles. The molecule has 0 radical (unpaired) electrons. The van der Waals surface area contributed by atoms with E-state index >= 15 is 0 Å². The summed E-state index contributed by atoms with van der Waals surface area (Å²) in [5, 5.41) is 0. The largest absolute Gasteiger partial charge is 0.459 e. The molecule has 0 aromatic heterocycles. The zero-order chi connectivity index (χ0) is 11.5. The summed E-state index contributed by atoms with van der Waals surface area (Å²) in [5.74, 6) is -0.742. The average Bonchev–Trinajstić information content (AvgIpc) is 2.59. The molecule has 2 atom stereocenters. The molecule has 1 fully saturated rings. The molecule has 0 spiro atoms. The van der Waals surface area contributed by atoms with Gasteiger partial charge in [-0.2, -0.15) is 0 Å². The number of ether oxygens (including phenoxy) is 2. The van der Waals surface area contributed by atoms with Crippen molar-refractivity contribution >= 4 is 11.9 Å². The molecule has 84 valence electrons. The summed E-state index contributed by atoms with van der Waals surface area (Å²) in [6.45, 7) is 1.72. The predicted octanol–water partition coefficient (Wildman–Crippen LogP) is 1.55. The van der Waals surface area contributed by atoms with Crippen molar-refractivity contribution in [1.82, 2.24) is 0 Å². The third kappa shape index (κ3) is 2.21. The Kier molecular flexibility index (Phi) is 2.90. The van der Waals surface area contributed by atoms with Crippen LogP contribution in [0, 0.1) is 0 Å². The van der Waals surface area contributed by atoms with Crippen molar-refractivity contribution < 1.29 is 19.1 Å². The minimum Gasteiger partial charge on any atom is -0.459 e. The van der Waals surface area contributed by atoms with Crippen molar-refractivity contribution in [1.29, 1.82) is 0 Å². The quantitative estimate of drug-likeness (QED) is 0.709. The zero-order valence-corrected chi connectivity index (χ0v) is 8.88. The van der Waals surface area contributed by atoms with Crippen molar-refractivity contribution in [3.05, 3.63) is 35.9 Å². The van der Waals surface area contributed by atoms with Crippen molar-refractivity contribution in [2.75, 3.05) is 0 Å². The lowest BCUT2D eigenvalue weighted by Crippen LogP contribution is -2.24. The van der Waals surface area contributed by atoms with E-state index in [0.717, 1.165) is 0 Å². The molecule has 1 aliphatic rings. The van der Waals surface area contributed by atoms with Crippen LogP contribution < -0.4 is 0 Å². The maximum atomic E-state index is 11.7. The minimum absolute atomic E-state index is 0.139. The van der Waals surface area contributed by atoms with E-state index in [4.69, 9.17) is 9.47 Å². The molecule has 0 bridgehead atoms. The van der Waals surface area contributed by atoms with Crippen molar-refractivity contribution in [2.45, 2.75) is 25.6 Å². The number of cyclic esters (lactones) is 1. The van der Waals surface area contributed by atoms with Gasteiger partial charge in [-0.25, -0.2) is 4.79 Å². The van der Waals surface area contributed by atoms with Crippen LogP contribution in [0.25, 0.3) is 0 Å². The highest BCUT2D eigenvalue weighted by Gasteiger charge is 2.34. The normalized spacial score (nSPS) is 23.9. The van der Waals surface area contributed by atoms with Gasteiger partial charge in [0.1, 0.15) is 12.2 Å². The molecule has 0 saturated carbocycles. The van der Waals surface area contributed by atoms with Gasteiger partial charge in [0.25, 0.3) is 0 Å². The van der Waals surface area contributed by atoms with Crippen LogP contribution in [0.15, 0.2) is 30.3 Å². The standard InChI is InChI=1S/C12H12O4/c1-8-10(7-11(13)15-8)16-12(14)9-5-3-2-4-6-9/h2-6,8,10H,7H2,1H3/t8-,10+/m1/s1. The number of carbonyl (C=O) groups is 2. The SMILES string of the molecule is C[C@H]1OC(=O)C[C@@H]1OC(=O)c1ccccc1. The van der Waals surface area contributed by atoms with Gasteiger partial charge < -0.3 is 9.47 Å². The first-order valence-electron chi connectivity index (χ1n) is 5.12. The van der Waals surface area contributed by atoms with Gasteiger partial charge in [-0.15, -0.1) is 0 Å². The van der Waals surface area contributed by atoms with Gasteiger partial charge in [0.2, 0.25) is 0 Å². The fraction of sp³-hybridized carbons (Fsp3) is 0.333. The smallest absolute Gasteiger partial charge is 0.338 e. The molecule has 16 heavy (non-hydrogen) atoms. The van der Waals surface area contributed by atoms with E-state index in [9.17, 15) is 9.59 Å². The summed E-state index contributed by atoms with van der Waals surface area (Å²) < 4.78 is 10.1. The third-order valence-corrected chi connectivity index (χ3v) is 2.48. The van der Waals surface area contributed by atoms with Crippen LogP contribution in [0.1, 0.15) is 23.7 Å². The Hall–Kier alpha value is -1.84. The summed E-state index contributed by atoms with van der Waals surface area (Å²) in [7, 11) is 0. The Morgan fingerprint density at radius 1 is 1.38 bits per heavy atom. The first-order valence-corrected chi connectivity index (χ1v) is 5.12. The number of hydrogen-bond donors (Lipinski definition) is 0. The Bertz CT molecular complexity index is 399. The summed E-state index contributed by atoms with van der Waals surface area (Å²) in [5.41, 5.74) is 0.481. The van der Waals surface area contributed by atoms with E-state index in [2.05, 4.69) is 0 Å². The summed E-state index contributed by atoms with van der Waals surface area (Å²) >= 11 is 0. The second-order valence-corrected chi connectivity index (χ2v) is 3.71. The van der Waals surface area contributed by atoms with Crippen molar-refractivity contribution in [2.24, 2.45) is 0 Å². The van der Waals surface area contributed by atoms with E-state index < -0.39 is 12.1 Å². The highest BCUT2D eigenvalue weighted by Crippen LogP contribution is 2.19. The molecule has 1 aromatic rings. The molecule has 0 aliphatic carbocycles. The Labute approximate surface area is 93.2 Å². The lowest BCUT2D eigenvalue weighted by atomic mass is 10.2. The van der Waals surface area contributed by atoms with Crippen LogP contribution in [-0.4, -0.2) is 24.1 Å².